The number of carbonyl (C=O) groups is 2. The number of amides is 2. The summed E-state index contributed by atoms with van der Waals surface area (Å²) in [5.74, 6) is -1.29. The maximum absolute atomic E-state index is 13.5. The molecule has 3 aromatic rings. The molecular formula is C27H28F2N2O2. The van der Waals surface area contributed by atoms with Crippen LogP contribution < -0.4 is 5.32 Å². The SMILES string of the molecule is CC(C)NC(=O)C(Cc1ccccc1)N(Cc1ccc(F)cc1)C(=O)Cc1ccc(F)cc1. The number of benzene rings is 3. The molecule has 33 heavy (non-hydrogen) atoms. The quantitative estimate of drug-likeness (QED) is 0.515. The van der Waals surface area contributed by atoms with E-state index in [9.17, 15) is 18.4 Å². The highest BCUT2D eigenvalue weighted by atomic mass is 19.1. The maximum Gasteiger partial charge on any atom is 0.243 e. The average molecular weight is 451 g/mol. The molecule has 2 amide bonds. The van der Waals surface area contributed by atoms with E-state index >= 15 is 0 Å². The van der Waals surface area contributed by atoms with Gasteiger partial charge in [0.15, 0.2) is 0 Å². The van der Waals surface area contributed by atoms with Crippen molar-refractivity contribution in [2.45, 2.75) is 45.3 Å². The van der Waals surface area contributed by atoms with Crippen LogP contribution in [0.25, 0.3) is 0 Å². The van der Waals surface area contributed by atoms with E-state index < -0.39 is 6.04 Å². The lowest BCUT2D eigenvalue weighted by atomic mass is 10.0. The molecular weight excluding hydrogens is 422 g/mol. The van der Waals surface area contributed by atoms with Crippen LogP contribution in [0.2, 0.25) is 0 Å². The third-order valence-corrected chi connectivity index (χ3v) is 5.24. The Morgan fingerprint density at radius 1 is 0.788 bits per heavy atom. The Labute approximate surface area is 193 Å². The highest BCUT2D eigenvalue weighted by molar-refractivity contribution is 5.89. The van der Waals surface area contributed by atoms with Crippen molar-refractivity contribution in [3.05, 3.63) is 107 Å². The van der Waals surface area contributed by atoms with Crippen LogP contribution in [-0.4, -0.2) is 28.8 Å². The molecule has 4 nitrogen and oxygen atoms in total. The highest BCUT2D eigenvalue weighted by Crippen LogP contribution is 2.17. The molecule has 0 radical (unpaired) electrons. The van der Waals surface area contributed by atoms with Crippen molar-refractivity contribution in [1.82, 2.24) is 10.2 Å². The Morgan fingerprint density at radius 2 is 1.33 bits per heavy atom. The number of rotatable bonds is 9. The van der Waals surface area contributed by atoms with Crippen LogP contribution in [0, 0.1) is 11.6 Å². The molecule has 3 aromatic carbocycles. The van der Waals surface area contributed by atoms with Crippen LogP contribution in [0.3, 0.4) is 0 Å². The first-order chi connectivity index (χ1) is 15.8. The van der Waals surface area contributed by atoms with E-state index in [1.165, 1.54) is 29.2 Å². The van der Waals surface area contributed by atoms with Gasteiger partial charge in [0, 0.05) is 19.0 Å². The van der Waals surface area contributed by atoms with Gasteiger partial charge in [0.05, 0.1) is 6.42 Å². The summed E-state index contributed by atoms with van der Waals surface area (Å²) in [6.07, 6.45) is 0.345. The lowest BCUT2D eigenvalue weighted by Crippen LogP contribution is -2.52. The fourth-order valence-electron chi connectivity index (χ4n) is 3.60. The van der Waals surface area contributed by atoms with Crippen LogP contribution in [0.1, 0.15) is 30.5 Å². The number of hydrogen-bond acceptors (Lipinski definition) is 2. The van der Waals surface area contributed by atoms with Crippen LogP contribution >= 0.6 is 0 Å². The van der Waals surface area contributed by atoms with E-state index in [2.05, 4.69) is 5.32 Å². The molecule has 0 aromatic heterocycles. The molecule has 0 fully saturated rings. The fraction of sp³-hybridized carbons (Fsp3) is 0.259. The Bertz CT molecular complexity index is 1050. The van der Waals surface area contributed by atoms with Gasteiger partial charge in [-0.15, -0.1) is 0 Å². The second-order valence-electron chi connectivity index (χ2n) is 8.32. The first-order valence-corrected chi connectivity index (χ1v) is 10.9. The van der Waals surface area contributed by atoms with Gasteiger partial charge in [-0.05, 0) is 54.8 Å². The predicted molar refractivity (Wildman–Crippen MR) is 124 cm³/mol. The van der Waals surface area contributed by atoms with Gasteiger partial charge >= 0.3 is 0 Å². The lowest BCUT2D eigenvalue weighted by molar-refractivity contribution is -0.141. The van der Waals surface area contributed by atoms with Crippen molar-refractivity contribution >= 4 is 11.8 Å². The molecule has 0 heterocycles. The molecule has 172 valence electrons. The summed E-state index contributed by atoms with van der Waals surface area (Å²) in [5, 5.41) is 2.92. The zero-order chi connectivity index (χ0) is 23.8. The predicted octanol–water partition coefficient (Wildman–Crippen LogP) is 4.67. The van der Waals surface area contributed by atoms with Gasteiger partial charge in [0.1, 0.15) is 17.7 Å². The molecule has 0 bridgehead atoms. The van der Waals surface area contributed by atoms with Crippen LogP contribution in [0.5, 0.6) is 0 Å². The van der Waals surface area contributed by atoms with E-state index in [0.717, 1.165) is 5.56 Å². The first kappa shape index (κ1) is 24.1. The summed E-state index contributed by atoms with van der Waals surface area (Å²) in [7, 11) is 0. The Hall–Kier alpha value is -3.54. The van der Waals surface area contributed by atoms with E-state index in [1.807, 2.05) is 44.2 Å². The van der Waals surface area contributed by atoms with Gasteiger partial charge in [0.2, 0.25) is 11.8 Å². The molecule has 0 spiro atoms. The number of nitrogens with zero attached hydrogens (tertiary/aromatic N) is 1. The van der Waals surface area contributed by atoms with Crippen molar-refractivity contribution in [3.63, 3.8) is 0 Å². The minimum atomic E-state index is -0.771. The molecule has 0 aliphatic heterocycles. The molecule has 6 heteroatoms. The van der Waals surface area contributed by atoms with E-state index in [4.69, 9.17) is 0 Å². The summed E-state index contributed by atoms with van der Waals surface area (Å²) in [5.41, 5.74) is 2.27. The summed E-state index contributed by atoms with van der Waals surface area (Å²) in [4.78, 5) is 28.2. The van der Waals surface area contributed by atoms with E-state index in [-0.39, 0.29) is 42.5 Å². The smallest absolute Gasteiger partial charge is 0.243 e. The van der Waals surface area contributed by atoms with E-state index in [0.29, 0.717) is 17.5 Å². The Balaban J connectivity index is 1.95. The van der Waals surface area contributed by atoms with Gasteiger partial charge in [-0.1, -0.05) is 54.6 Å². The molecule has 0 saturated carbocycles. The number of nitrogens with one attached hydrogen (secondary N) is 1. The van der Waals surface area contributed by atoms with Gasteiger partial charge in [-0.3, -0.25) is 9.59 Å². The molecule has 0 aliphatic rings. The molecule has 1 N–H and O–H groups in total. The summed E-state index contributed by atoms with van der Waals surface area (Å²) in [6.45, 7) is 3.87. The van der Waals surface area contributed by atoms with E-state index in [1.54, 1.807) is 24.3 Å². The second-order valence-corrected chi connectivity index (χ2v) is 8.32. The zero-order valence-electron chi connectivity index (χ0n) is 18.8. The van der Waals surface area contributed by atoms with Crippen molar-refractivity contribution < 1.29 is 18.4 Å². The monoisotopic (exact) mass is 450 g/mol. The minimum Gasteiger partial charge on any atom is -0.352 e. The molecule has 1 unspecified atom stereocenters. The van der Waals surface area contributed by atoms with Crippen molar-refractivity contribution in [1.29, 1.82) is 0 Å². The lowest BCUT2D eigenvalue weighted by Gasteiger charge is -2.32. The van der Waals surface area contributed by atoms with Gasteiger partial charge in [-0.2, -0.15) is 0 Å². The van der Waals surface area contributed by atoms with Crippen LogP contribution in [0.4, 0.5) is 8.78 Å². The second kappa shape index (κ2) is 11.4. The highest BCUT2D eigenvalue weighted by Gasteiger charge is 2.30. The first-order valence-electron chi connectivity index (χ1n) is 10.9. The largest absolute Gasteiger partial charge is 0.352 e. The summed E-state index contributed by atoms with van der Waals surface area (Å²) in [6, 6.07) is 20.2. The van der Waals surface area contributed by atoms with Crippen molar-refractivity contribution in [3.8, 4) is 0 Å². The third kappa shape index (κ3) is 7.24. The van der Waals surface area contributed by atoms with Gasteiger partial charge in [0.25, 0.3) is 0 Å². The molecule has 1 atom stereocenters. The molecule has 0 saturated heterocycles. The summed E-state index contributed by atoms with van der Waals surface area (Å²) < 4.78 is 26.8. The van der Waals surface area contributed by atoms with Crippen LogP contribution in [-0.2, 0) is 29.0 Å². The molecule has 0 aliphatic carbocycles. The number of hydrogen-bond donors (Lipinski definition) is 1. The number of halogens is 2. The average Bonchev–Trinajstić information content (AvgIpc) is 2.79. The minimum absolute atomic E-state index is 0.0156. The van der Waals surface area contributed by atoms with Gasteiger partial charge < -0.3 is 10.2 Å². The Morgan fingerprint density at radius 3 is 1.88 bits per heavy atom. The van der Waals surface area contributed by atoms with Gasteiger partial charge in [-0.25, -0.2) is 8.78 Å². The standard InChI is InChI=1S/C27H28F2N2O2/c1-19(2)30-27(33)25(16-20-6-4-3-5-7-20)31(18-22-10-14-24(29)15-11-22)26(32)17-21-8-12-23(28)13-9-21/h3-15,19,25H,16-18H2,1-2H3,(H,30,33). The Kier molecular flexibility index (Phi) is 8.30. The summed E-state index contributed by atoms with van der Waals surface area (Å²) >= 11 is 0. The fourth-order valence-corrected chi connectivity index (χ4v) is 3.60. The topological polar surface area (TPSA) is 49.4 Å². The maximum atomic E-state index is 13.5. The van der Waals surface area contributed by atoms with Crippen LogP contribution in [0.15, 0.2) is 78.9 Å². The normalized spacial score (nSPS) is 11.8. The number of carbonyl (C=O) groups excluding carboxylic acids is 2. The molecule has 3 rings (SSSR count). The van der Waals surface area contributed by atoms with Crippen molar-refractivity contribution in [2.24, 2.45) is 0 Å². The zero-order valence-corrected chi connectivity index (χ0v) is 18.8. The third-order valence-electron chi connectivity index (χ3n) is 5.24. The van der Waals surface area contributed by atoms with Crippen molar-refractivity contribution in [2.75, 3.05) is 0 Å².